The molecule has 166 valence electrons. The van der Waals surface area contributed by atoms with Crippen molar-refractivity contribution in [2.75, 3.05) is 25.1 Å². The van der Waals surface area contributed by atoms with E-state index in [0.717, 1.165) is 56.5 Å². The monoisotopic (exact) mass is 434 g/mol. The summed E-state index contributed by atoms with van der Waals surface area (Å²) in [6, 6.07) is 0.475. The molecule has 1 saturated heterocycles. The van der Waals surface area contributed by atoms with Gasteiger partial charge in [0.1, 0.15) is 0 Å². The predicted molar refractivity (Wildman–Crippen MR) is 121 cm³/mol. The topological polar surface area (TPSA) is 68.1 Å². The van der Waals surface area contributed by atoms with Crippen molar-refractivity contribution in [3.05, 3.63) is 11.6 Å². The summed E-state index contributed by atoms with van der Waals surface area (Å²) in [5.41, 5.74) is 5.14. The molecule has 1 atom stereocenters. The highest BCUT2D eigenvalue weighted by Crippen LogP contribution is 2.33. The van der Waals surface area contributed by atoms with Gasteiger partial charge in [0.25, 0.3) is 0 Å². The van der Waals surface area contributed by atoms with Crippen LogP contribution in [0.5, 0.6) is 0 Å². The molecule has 0 bridgehead atoms. The number of nitrogens with one attached hydrogen (secondary N) is 1. The van der Waals surface area contributed by atoms with Gasteiger partial charge in [-0.25, -0.2) is 9.99 Å². The molecule has 2 aromatic heterocycles. The van der Waals surface area contributed by atoms with E-state index in [1.54, 1.807) is 0 Å². The Morgan fingerprint density at radius 3 is 2.60 bits per heavy atom. The van der Waals surface area contributed by atoms with E-state index >= 15 is 0 Å². The summed E-state index contributed by atoms with van der Waals surface area (Å²) in [7, 11) is 0. The minimum absolute atomic E-state index is 0.274. The van der Waals surface area contributed by atoms with Gasteiger partial charge < -0.3 is 14.7 Å². The lowest BCUT2D eigenvalue weighted by Gasteiger charge is -2.36. The summed E-state index contributed by atoms with van der Waals surface area (Å²) < 4.78 is 8.35. The second-order valence-electron chi connectivity index (χ2n) is 8.74. The number of aromatic nitrogens is 4. The number of ether oxygens (including phenoxy) is 1. The molecule has 1 aliphatic heterocycles. The van der Waals surface area contributed by atoms with E-state index in [0.29, 0.717) is 23.9 Å². The van der Waals surface area contributed by atoms with Gasteiger partial charge in [-0.2, -0.15) is 9.97 Å². The smallest absolute Gasteiger partial charge is 0.226 e. The van der Waals surface area contributed by atoms with Crippen LogP contribution in [0, 0.1) is 5.92 Å². The number of imidazole rings is 1. The van der Waals surface area contributed by atoms with Gasteiger partial charge in [0, 0.05) is 25.7 Å². The molecule has 0 radical (unpaired) electrons. The molecule has 1 unspecified atom stereocenters. The Morgan fingerprint density at radius 1 is 1.13 bits per heavy atom. The molecule has 0 amide bonds. The van der Waals surface area contributed by atoms with E-state index in [1.165, 1.54) is 32.1 Å². The fourth-order valence-electron chi connectivity index (χ4n) is 4.96. The first-order valence-electron chi connectivity index (χ1n) is 11.7. The van der Waals surface area contributed by atoms with E-state index in [1.807, 2.05) is 6.33 Å². The molecule has 8 heteroatoms. The standard InChI is InChI=1S/C22H35ClN6O/c1-3-7-18(30-14-4-2)16-10-12-28(13-11-16)27-20-19-21(26-22(23)25-20)29(15-24-19)17-8-5-6-9-17/h15-18H,3-14H2,1-2H3,(H,25,26,27). The summed E-state index contributed by atoms with van der Waals surface area (Å²) in [5.74, 6) is 1.35. The molecule has 1 aliphatic carbocycles. The maximum absolute atomic E-state index is 6.29. The summed E-state index contributed by atoms with van der Waals surface area (Å²) in [4.78, 5) is 13.6. The van der Waals surface area contributed by atoms with Gasteiger partial charge in [-0.05, 0) is 56.0 Å². The van der Waals surface area contributed by atoms with E-state index < -0.39 is 0 Å². The zero-order valence-corrected chi connectivity index (χ0v) is 19.1. The molecule has 2 fully saturated rings. The molecular formula is C22H35ClN6O. The highest BCUT2D eigenvalue weighted by Gasteiger charge is 2.28. The van der Waals surface area contributed by atoms with E-state index in [-0.39, 0.29) is 5.28 Å². The normalized spacial score (nSPS) is 20.2. The number of hydrogen-bond donors (Lipinski definition) is 1. The highest BCUT2D eigenvalue weighted by molar-refractivity contribution is 6.28. The van der Waals surface area contributed by atoms with Crippen LogP contribution < -0.4 is 5.43 Å². The maximum atomic E-state index is 6.29. The van der Waals surface area contributed by atoms with Crippen molar-refractivity contribution >= 4 is 28.6 Å². The number of piperidine rings is 1. The van der Waals surface area contributed by atoms with Crippen LogP contribution in [0.25, 0.3) is 11.2 Å². The van der Waals surface area contributed by atoms with Crippen LogP contribution in [-0.4, -0.2) is 50.3 Å². The Labute approximate surface area is 184 Å². The van der Waals surface area contributed by atoms with Gasteiger partial charge in [-0.3, -0.25) is 0 Å². The van der Waals surface area contributed by atoms with Crippen LogP contribution in [0.15, 0.2) is 6.33 Å². The van der Waals surface area contributed by atoms with Crippen molar-refractivity contribution in [3.63, 3.8) is 0 Å². The number of halogens is 1. The Hall–Kier alpha value is -1.44. The fourth-order valence-corrected chi connectivity index (χ4v) is 5.12. The molecule has 7 nitrogen and oxygen atoms in total. The summed E-state index contributed by atoms with van der Waals surface area (Å²) in [6.45, 7) is 7.22. The van der Waals surface area contributed by atoms with Gasteiger partial charge >= 0.3 is 0 Å². The molecule has 2 aromatic rings. The lowest BCUT2D eigenvalue weighted by molar-refractivity contribution is -0.0121. The predicted octanol–water partition coefficient (Wildman–Crippen LogP) is 5.23. The lowest BCUT2D eigenvalue weighted by Crippen LogP contribution is -2.41. The number of nitrogens with zero attached hydrogens (tertiary/aromatic N) is 5. The average molecular weight is 435 g/mol. The van der Waals surface area contributed by atoms with Crippen LogP contribution in [-0.2, 0) is 4.74 Å². The fraction of sp³-hybridized carbons (Fsp3) is 0.773. The Kier molecular flexibility index (Phi) is 7.44. The molecule has 1 N–H and O–H groups in total. The van der Waals surface area contributed by atoms with E-state index in [2.05, 4.69) is 43.8 Å². The first kappa shape index (κ1) is 21.8. The zero-order chi connectivity index (χ0) is 20.9. The third kappa shape index (κ3) is 4.89. The quantitative estimate of drug-likeness (QED) is 0.545. The molecule has 0 aromatic carbocycles. The molecule has 3 heterocycles. The molecule has 2 aliphatic rings. The highest BCUT2D eigenvalue weighted by atomic mass is 35.5. The van der Waals surface area contributed by atoms with Gasteiger partial charge in [0.2, 0.25) is 5.28 Å². The van der Waals surface area contributed by atoms with Crippen molar-refractivity contribution in [1.82, 2.24) is 24.5 Å². The van der Waals surface area contributed by atoms with Crippen LogP contribution in [0.3, 0.4) is 0 Å². The van der Waals surface area contributed by atoms with Gasteiger partial charge in [0.05, 0.1) is 12.4 Å². The first-order chi connectivity index (χ1) is 14.7. The number of fused-ring (bicyclic) bond motifs is 1. The second kappa shape index (κ2) is 10.2. The van der Waals surface area contributed by atoms with Crippen molar-refractivity contribution in [2.24, 2.45) is 5.92 Å². The van der Waals surface area contributed by atoms with Crippen molar-refractivity contribution < 1.29 is 4.74 Å². The SMILES string of the molecule is CCCOC(CCC)C1CCN(Nc2nc(Cl)nc3c2ncn3C2CCCC2)CC1. The minimum Gasteiger partial charge on any atom is -0.378 e. The average Bonchev–Trinajstić information content (AvgIpc) is 3.41. The van der Waals surface area contributed by atoms with E-state index in [9.17, 15) is 0 Å². The molecule has 0 spiro atoms. The molecule has 4 rings (SSSR count). The van der Waals surface area contributed by atoms with Crippen molar-refractivity contribution in [2.45, 2.75) is 83.8 Å². The van der Waals surface area contributed by atoms with Crippen molar-refractivity contribution in [1.29, 1.82) is 0 Å². The van der Waals surface area contributed by atoms with Crippen LogP contribution in [0.2, 0.25) is 5.28 Å². The molecule has 1 saturated carbocycles. The Bertz CT molecular complexity index is 813. The van der Waals surface area contributed by atoms with Crippen LogP contribution in [0.1, 0.15) is 77.7 Å². The van der Waals surface area contributed by atoms with Gasteiger partial charge in [-0.1, -0.05) is 33.1 Å². The number of hydrogen-bond acceptors (Lipinski definition) is 6. The molecular weight excluding hydrogens is 400 g/mol. The first-order valence-corrected chi connectivity index (χ1v) is 12.1. The minimum atomic E-state index is 0.274. The van der Waals surface area contributed by atoms with Crippen LogP contribution >= 0.6 is 11.6 Å². The van der Waals surface area contributed by atoms with Crippen LogP contribution in [0.4, 0.5) is 5.82 Å². The number of anilines is 1. The van der Waals surface area contributed by atoms with Gasteiger partial charge in [-0.15, -0.1) is 0 Å². The third-order valence-corrected chi connectivity index (χ3v) is 6.72. The summed E-state index contributed by atoms with van der Waals surface area (Å²) >= 11 is 6.29. The zero-order valence-electron chi connectivity index (χ0n) is 18.3. The second-order valence-corrected chi connectivity index (χ2v) is 9.08. The number of hydrazine groups is 1. The summed E-state index contributed by atoms with van der Waals surface area (Å²) in [6.07, 6.45) is 12.9. The Balaban J connectivity index is 1.42. The Morgan fingerprint density at radius 2 is 1.90 bits per heavy atom. The summed E-state index contributed by atoms with van der Waals surface area (Å²) in [5, 5.41) is 2.52. The van der Waals surface area contributed by atoms with Crippen molar-refractivity contribution in [3.8, 4) is 0 Å². The largest absolute Gasteiger partial charge is 0.378 e. The van der Waals surface area contributed by atoms with E-state index in [4.69, 9.17) is 16.3 Å². The molecule has 30 heavy (non-hydrogen) atoms. The maximum Gasteiger partial charge on any atom is 0.226 e. The lowest BCUT2D eigenvalue weighted by atomic mass is 9.89. The van der Waals surface area contributed by atoms with Gasteiger partial charge in [0.15, 0.2) is 17.0 Å². The number of rotatable bonds is 9. The third-order valence-electron chi connectivity index (χ3n) is 6.55.